The maximum absolute atomic E-state index is 11.9. The van der Waals surface area contributed by atoms with Gasteiger partial charge < -0.3 is 0 Å². The van der Waals surface area contributed by atoms with Crippen LogP contribution in [0.15, 0.2) is 0 Å². The molecule has 0 fully saturated rings. The Morgan fingerprint density at radius 2 is 1.89 bits per heavy atom. The van der Waals surface area contributed by atoms with Gasteiger partial charge in [-0.15, -0.1) is 0 Å². The van der Waals surface area contributed by atoms with Gasteiger partial charge in [-0.1, -0.05) is 0 Å². The number of alkyl halides is 4. The molecule has 4 heteroatoms. The van der Waals surface area contributed by atoms with E-state index in [0.717, 1.165) is 6.92 Å². The van der Waals surface area contributed by atoms with E-state index in [9.17, 15) is 17.6 Å². The summed E-state index contributed by atoms with van der Waals surface area (Å²) in [6, 6.07) is 0. The van der Waals surface area contributed by atoms with Crippen molar-refractivity contribution in [2.45, 2.75) is 25.4 Å². The molecule has 1 atom stereocenters. The fourth-order valence-corrected chi connectivity index (χ4v) is 0.325. The van der Waals surface area contributed by atoms with Crippen LogP contribution in [-0.2, 0) is 0 Å². The largest absolute Gasteiger partial charge is 0.280 e. The Morgan fingerprint density at radius 1 is 1.44 bits per heavy atom. The Morgan fingerprint density at radius 3 is 2.00 bits per heavy atom. The van der Waals surface area contributed by atoms with Gasteiger partial charge in [0.25, 0.3) is 5.92 Å². The zero-order valence-electron chi connectivity index (χ0n) is 5.00. The lowest BCUT2D eigenvalue weighted by atomic mass is 10.2. The first kappa shape index (κ1) is 8.72. The molecule has 0 aliphatic carbocycles. The molecule has 0 rings (SSSR count). The first-order valence-corrected chi connectivity index (χ1v) is 2.58. The highest BCUT2D eigenvalue weighted by Crippen LogP contribution is 2.24. The molecule has 0 amide bonds. The molecule has 0 N–H and O–H groups in total. The molecule has 0 aromatic carbocycles. The van der Waals surface area contributed by atoms with Crippen LogP contribution in [0.2, 0.25) is 0 Å². The lowest BCUT2D eigenvalue weighted by Gasteiger charge is -2.14. The van der Waals surface area contributed by atoms with E-state index in [0.29, 0.717) is 0 Å². The van der Waals surface area contributed by atoms with E-state index in [1.54, 1.807) is 0 Å². The molecule has 0 aromatic rings. The highest BCUT2D eigenvalue weighted by atomic mass is 19.3. The Labute approximate surface area is 50.9 Å². The smallest absolute Gasteiger partial charge is 0.251 e. The van der Waals surface area contributed by atoms with Crippen LogP contribution in [0.1, 0.15) is 13.3 Å². The van der Waals surface area contributed by atoms with Crippen LogP contribution in [0, 0.1) is 0 Å². The Kier molecular flexibility index (Phi) is 2.94. The number of hydrogen-bond donors (Lipinski definition) is 0. The molecule has 56 valence electrons. The normalized spacial score (nSPS) is 15.7. The van der Waals surface area contributed by atoms with E-state index in [-0.39, 0.29) is 0 Å². The fraction of sp³-hybridized carbons (Fsp3) is 1.00. The minimum atomic E-state index is -3.49. The van der Waals surface area contributed by atoms with E-state index in [2.05, 4.69) is 0 Å². The first-order chi connectivity index (χ1) is 4.00. The van der Waals surface area contributed by atoms with E-state index in [4.69, 9.17) is 0 Å². The van der Waals surface area contributed by atoms with Crippen molar-refractivity contribution >= 4 is 0 Å². The van der Waals surface area contributed by atoms with Crippen molar-refractivity contribution in [3.05, 3.63) is 0 Å². The van der Waals surface area contributed by atoms with Crippen LogP contribution in [-0.4, -0.2) is 18.8 Å². The second-order valence-electron chi connectivity index (χ2n) is 1.82. The summed E-state index contributed by atoms with van der Waals surface area (Å²) in [4.78, 5) is 0. The summed E-state index contributed by atoms with van der Waals surface area (Å²) in [5, 5.41) is 0. The third kappa shape index (κ3) is 2.67. The minimum absolute atomic E-state index is 0.718. The predicted octanol–water partition coefficient (Wildman–Crippen LogP) is 2.34. The van der Waals surface area contributed by atoms with Gasteiger partial charge in [0, 0.05) is 6.42 Å². The first-order valence-electron chi connectivity index (χ1n) is 2.58. The van der Waals surface area contributed by atoms with E-state index < -0.39 is 25.2 Å². The number of halogens is 4. The average Bonchev–Trinajstić information content (AvgIpc) is 1.65. The van der Waals surface area contributed by atoms with E-state index in [1.807, 2.05) is 0 Å². The van der Waals surface area contributed by atoms with Crippen LogP contribution < -0.4 is 0 Å². The van der Waals surface area contributed by atoms with Crippen molar-refractivity contribution in [3.8, 4) is 0 Å². The summed E-state index contributed by atoms with van der Waals surface area (Å²) in [6.45, 7) is -0.461. The molecular weight excluding hydrogens is 136 g/mol. The highest BCUT2D eigenvalue weighted by Gasteiger charge is 2.35. The Balaban J connectivity index is 3.70. The van der Waals surface area contributed by atoms with Gasteiger partial charge in [-0.3, -0.25) is 4.39 Å². The standard InChI is InChI=1S/C5H8F4/c1-4(7)5(8,9)2-3-6/h4H,2-3H2,1H3. The van der Waals surface area contributed by atoms with Crippen molar-refractivity contribution in [2.75, 3.05) is 6.67 Å². The Bertz CT molecular complexity index is 79.0. The van der Waals surface area contributed by atoms with Crippen molar-refractivity contribution < 1.29 is 17.6 Å². The molecule has 0 bridgehead atoms. The molecule has 9 heavy (non-hydrogen) atoms. The van der Waals surface area contributed by atoms with Crippen LogP contribution >= 0.6 is 0 Å². The third-order valence-corrected chi connectivity index (χ3v) is 1.01. The van der Waals surface area contributed by atoms with Crippen LogP contribution in [0.4, 0.5) is 17.6 Å². The summed E-state index contributed by atoms with van der Waals surface area (Å²) in [5.74, 6) is -3.49. The summed E-state index contributed by atoms with van der Waals surface area (Å²) < 4.78 is 46.8. The molecule has 0 saturated carbocycles. The molecule has 0 aliphatic rings. The molecule has 0 nitrogen and oxygen atoms in total. The van der Waals surface area contributed by atoms with E-state index in [1.165, 1.54) is 0 Å². The highest BCUT2D eigenvalue weighted by molar-refractivity contribution is 4.71. The lowest BCUT2D eigenvalue weighted by molar-refractivity contribution is -0.0745. The maximum atomic E-state index is 11.9. The Hall–Kier alpha value is -0.280. The molecular formula is C5H8F4. The SMILES string of the molecule is CC(F)C(F)(F)CCF. The van der Waals surface area contributed by atoms with Crippen molar-refractivity contribution in [2.24, 2.45) is 0 Å². The van der Waals surface area contributed by atoms with Crippen molar-refractivity contribution in [3.63, 3.8) is 0 Å². The molecule has 1 unspecified atom stereocenters. The minimum Gasteiger partial charge on any atom is -0.251 e. The van der Waals surface area contributed by atoms with Gasteiger partial charge in [-0.25, -0.2) is 13.2 Å². The summed E-state index contributed by atoms with van der Waals surface area (Å²) in [5.41, 5.74) is 0. The molecule has 0 aliphatic heterocycles. The zero-order valence-corrected chi connectivity index (χ0v) is 5.00. The second-order valence-corrected chi connectivity index (χ2v) is 1.82. The lowest BCUT2D eigenvalue weighted by Crippen LogP contribution is -2.27. The van der Waals surface area contributed by atoms with Gasteiger partial charge >= 0.3 is 0 Å². The monoisotopic (exact) mass is 144 g/mol. The molecule has 0 saturated heterocycles. The van der Waals surface area contributed by atoms with Crippen molar-refractivity contribution in [1.82, 2.24) is 0 Å². The van der Waals surface area contributed by atoms with Gasteiger partial charge in [0.2, 0.25) is 0 Å². The van der Waals surface area contributed by atoms with Crippen molar-refractivity contribution in [1.29, 1.82) is 0 Å². The van der Waals surface area contributed by atoms with Gasteiger partial charge in [-0.2, -0.15) is 0 Å². The average molecular weight is 144 g/mol. The molecule has 0 spiro atoms. The zero-order chi connectivity index (χ0) is 7.49. The number of hydrogen-bond acceptors (Lipinski definition) is 0. The molecule has 0 aromatic heterocycles. The predicted molar refractivity (Wildman–Crippen MR) is 26.1 cm³/mol. The fourth-order valence-electron chi connectivity index (χ4n) is 0.325. The summed E-state index contributed by atoms with van der Waals surface area (Å²) in [6.07, 6.45) is -3.28. The summed E-state index contributed by atoms with van der Waals surface area (Å²) >= 11 is 0. The van der Waals surface area contributed by atoms with E-state index >= 15 is 0 Å². The van der Waals surface area contributed by atoms with Crippen LogP contribution in [0.25, 0.3) is 0 Å². The second kappa shape index (κ2) is 3.03. The molecule has 0 radical (unpaired) electrons. The quantitative estimate of drug-likeness (QED) is 0.533. The topological polar surface area (TPSA) is 0 Å². The van der Waals surface area contributed by atoms with Gasteiger partial charge in [0.1, 0.15) is 0 Å². The maximum Gasteiger partial charge on any atom is 0.280 e. The number of rotatable bonds is 3. The van der Waals surface area contributed by atoms with Crippen LogP contribution in [0.5, 0.6) is 0 Å². The van der Waals surface area contributed by atoms with Gasteiger partial charge in [-0.05, 0) is 6.92 Å². The van der Waals surface area contributed by atoms with Crippen LogP contribution in [0.3, 0.4) is 0 Å². The third-order valence-electron chi connectivity index (χ3n) is 1.01. The van der Waals surface area contributed by atoms with Gasteiger partial charge in [0.15, 0.2) is 6.17 Å². The van der Waals surface area contributed by atoms with Gasteiger partial charge in [0.05, 0.1) is 6.67 Å². The molecule has 0 heterocycles. The summed E-state index contributed by atoms with van der Waals surface area (Å²) in [7, 11) is 0.